The van der Waals surface area contributed by atoms with E-state index in [1.807, 2.05) is 42.6 Å². The van der Waals surface area contributed by atoms with E-state index in [1.54, 1.807) is 6.92 Å². The molecular formula is C17H15NO. The Labute approximate surface area is 112 Å². The van der Waals surface area contributed by atoms with E-state index >= 15 is 0 Å². The van der Waals surface area contributed by atoms with E-state index in [-0.39, 0.29) is 5.78 Å². The number of para-hydroxylation sites is 2. The number of benzene rings is 2. The molecule has 0 atom stereocenters. The van der Waals surface area contributed by atoms with Crippen molar-refractivity contribution in [1.29, 1.82) is 0 Å². The second-order valence-electron chi connectivity index (χ2n) is 4.77. The van der Waals surface area contributed by atoms with Crippen molar-refractivity contribution >= 4 is 16.7 Å². The largest absolute Gasteiger partial charge is 0.316 e. The van der Waals surface area contributed by atoms with Crippen LogP contribution in [0.4, 0.5) is 0 Å². The van der Waals surface area contributed by atoms with Gasteiger partial charge in [-0.3, -0.25) is 4.79 Å². The molecule has 0 saturated carbocycles. The fourth-order valence-electron chi connectivity index (χ4n) is 2.49. The number of rotatable bonds is 2. The lowest BCUT2D eigenvalue weighted by Gasteiger charge is -2.08. The normalized spacial score (nSPS) is 10.8. The summed E-state index contributed by atoms with van der Waals surface area (Å²) >= 11 is 0. The van der Waals surface area contributed by atoms with E-state index in [4.69, 9.17) is 0 Å². The van der Waals surface area contributed by atoms with Gasteiger partial charge in [0.1, 0.15) is 0 Å². The molecule has 0 aliphatic heterocycles. The fourth-order valence-corrected chi connectivity index (χ4v) is 2.49. The molecule has 2 heteroatoms. The molecule has 0 aliphatic rings. The maximum atomic E-state index is 11.8. The van der Waals surface area contributed by atoms with Gasteiger partial charge in [0.15, 0.2) is 5.78 Å². The molecule has 0 saturated heterocycles. The van der Waals surface area contributed by atoms with Crippen LogP contribution in [0.15, 0.2) is 54.7 Å². The van der Waals surface area contributed by atoms with E-state index < -0.39 is 0 Å². The first-order valence-electron chi connectivity index (χ1n) is 6.35. The topological polar surface area (TPSA) is 22.0 Å². The van der Waals surface area contributed by atoms with Crippen LogP contribution in [0, 0.1) is 6.92 Å². The molecule has 0 N–H and O–H groups in total. The Morgan fingerprint density at radius 3 is 2.42 bits per heavy atom. The van der Waals surface area contributed by atoms with Gasteiger partial charge < -0.3 is 4.57 Å². The van der Waals surface area contributed by atoms with E-state index in [0.717, 1.165) is 22.2 Å². The number of aryl methyl sites for hydroxylation is 1. The Bertz CT molecular complexity index is 768. The first-order chi connectivity index (χ1) is 9.18. The smallest absolute Gasteiger partial charge is 0.161 e. The van der Waals surface area contributed by atoms with Crippen LogP contribution in [0.3, 0.4) is 0 Å². The molecule has 0 unspecified atom stereocenters. The van der Waals surface area contributed by atoms with Crippen LogP contribution in [0.25, 0.3) is 16.6 Å². The highest BCUT2D eigenvalue weighted by molar-refractivity contribution is 6.07. The monoisotopic (exact) mass is 249 g/mol. The summed E-state index contributed by atoms with van der Waals surface area (Å²) in [5, 5.41) is 1.01. The lowest BCUT2D eigenvalue weighted by molar-refractivity contribution is 0.101. The van der Waals surface area contributed by atoms with Gasteiger partial charge in [-0.15, -0.1) is 0 Å². The van der Waals surface area contributed by atoms with Gasteiger partial charge in [0, 0.05) is 22.8 Å². The van der Waals surface area contributed by atoms with Crippen molar-refractivity contribution in [1.82, 2.24) is 4.57 Å². The number of aromatic nitrogens is 1. The molecule has 0 aliphatic carbocycles. The zero-order valence-corrected chi connectivity index (χ0v) is 11.1. The summed E-state index contributed by atoms with van der Waals surface area (Å²) in [6.07, 6.45) is 1.94. The lowest BCUT2D eigenvalue weighted by Crippen LogP contribution is -1.95. The number of Topliss-reactive ketones (excluding diaryl/α,β-unsaturated/α-hetero) is 1. The van der Waals surface area contributed by atoms with Gasteiger partial charge in [-0.2, -0.15) is 0 Å². The highest BCUT2D eigenvalue weighted by Gasteiger charge is 2.13. The highest BCUT2D eigenvalue weighted by Crippen LogP contribution is 2.26. The van der Waals surface area contributed by atoms with Crippen molar-refractivity contribution < 1.29 is 4.79 Å². The average Bonchev–Trinajstić information content (AvgIpc) is 2.79. The van der Waals surface area contributed by atoms with Crippen molar-refractivity contribution in [2.45, 2.75) is 13.8 Å². The molecule has 0 bridgehead atoms. The summed E-state index contributed by atoms with van der Waals surface area (Å²) in [6, 6.07) is 16.2. The number of carbonyl (C=O) groups excluding carboxylic acids is 1. The van der Waals surface area contributed by atoms with Gasteiger partial charge in [-0.1, -0.05) is 36.4 Å². The third-order valence-corrected chi connectivity index (χ3v) is 3.47. The molecule has 0 radical (unpaired) electrons. The van der Waals surface area contributed by atoms with Crippen LogP contribution >= 0.6 is 0 Å². The minimum absolute atomic E-state index is 0.100. The zero-order valence-electron chi connectivity index (χ0n) is 11.1. The molecule has 2 aromatic carbocycles. The van der Waals surface area contributed by atoms with Crippen molar-refractivity contribution in [3.8, 4) is 5.69 Å². The Morgan fingerprint density at radius 1 is 1.00 bits per heavy atom. The van der Waals surface area contributed by atoms with E-state index in [9.17, 15) is 4.79 Å². The van der Waals surface area contributed by atoms with Gasteiger partial charge in [0.05, 0.1) is 5.52 Å². The number of hydrogen-bond acceptors (Lipinski definition) is 1. The van der Waals surface area contributed by atoms with Crippen molar-refractivity contribution in [3.05, 3.63) is 65.9 Å². The third-order valence-electron chi connectivity index (χ3n) is 3.47. The number of ketones is 1. The lowest BCUT2D eigenvalue weighted by atomic mass is 10.1. The summed E-state index contributed by atoms with van der Waals surface area (Å²) in [5.41, 5.74) is 4.16. The molecule has 1 heterocycles. The van der Waals surface area contributed by atoms with Crippen molar-refractivity contribution in [3.63, 3.8) is 0 Å². The maximum absolute atomic E-state index is 11.8. The quantitative estimate of drug-likeness (QED) is 0.625. The summed E-state index contributed by atoms with van der Waals surface area (Å²) in [6.45, 7) is 3.70. The molecule has 1 aromatic heterocycles. The van der Waals surface area contributed by atoms with Crippen molar-refractivity contribution in [2.24, 2.45) is 0 Å². The number of nitrogens with zero attached hydrogens (tertiary/aromatic N) is 1. The van der Waals surface area contributed by atoms with Crippen LogP contribution in [0.5, 0.6) is 0 Å². The Hall–Kier alpha value is -2.35. The number of hydrogen-bond donors (Lipinski definition) is 0. The molecular weight excluding hydrogens is 234 g/mol. The van der Waals surface area contributed by atoms with Gasteiger partial charge in [-0.25, -0.2) is 0 Å². The predicted octanol–water partition coefficient (Wildman–Crippen LogP) is 4.14. The van der Waals surface area contributed by atoms with Gasteiger partial charge >= 0.3 is 0 Å². The fraction of sp³-hybridized carbons (Fsp3) is 0.118. The molecule has 3 rings (SSSR count). The summed E-state index contributed by atoms with van der Waals surface area (Å²) < 4.78 is 2.10. The summed E-state index contributed by atoms with van der Waals surface area (Å²) in [7, 11) is 0. The summed E-state index contributed by atoms with van der Waals surface area (Å²) in [4.78, 5) is 11.8. The molecule has 0 spiro atoms. The van der Waals surface area contributed by atoms with E-state index in [1.165, 1.54) is 5.56 Å². The molecule has 0 amide bonds. The average molecular weight is 249 g/mol. The first kappa shape index (κ1) is 11.7. The summed E-state index contributed by atoms with van der Waals surface area (Å²) in [5.74, 6) is 0.100. The Balaban J connectivity index is 2.37. The van der Waals surface area contributed by atoms with Crippen LogP contribution in [0.2, 0.25) is 0 Å². The van der Waals surface area contributed by atoms with Crippen LogP contribution < -0.4 is 0 Å². The Kier molecular flexibility index (Phi) is 2.71. The standard InChI is InChI=1S/C17H15NO/c1-12-7-3-5-9-16(12)18-11-15(13(2)19)14-8-4-6-10-17(14)18/h3-11H,1-2H3. The number of fused-ring (bicyclic) bond motifs is 1. The van der Waals surface area contributed by atoms with E-state index in [2.05, 4.69) is 23.6 Å². The van der Waals surface area contributed by atoms with E-state index in [0.29, 0.717) is 0 Å². The molecule has 3 aromatic rings. The maximum Gasteiger partial charge on any atom is 0.161 e. The minimum atomic E-state index is 0.100. The zero-order chi connectivity index (χ0) is 13.4. The predicted molar refractivity (Wildman–Crippen MR) is 78.0 cm³/mol. The first-order valence-corrected chi connectivity index (χ1v) is 6.35. The molecule has 19 heavy (non-hydrogen) atoms. The molecule has 94 valence electrons. The molecule has 2 nitrogen and oxygen atoms in total. The van der Waals surface area contributed by atoms with Gasteiger partial charge in [-0.05, 0) is 31.5 Å². The Morgan fingerprint density at radius 2 is 1.68 bits per heavy atom. The SMILES string of the molecule is CC(=O)c1cn(-c2ccccc2C)c2ccccc12. The van der Waals surface area contributed by atoms with Crippen molar-refractivity contribution in [2.75, 3.05) is 0 Å². The second-order valence-corrected chi connectivity index (χ2v) is 4.77. The number of carbonyl (C=O) groups is 1. The third kappa shape index (κ3) is 1.85. The van der Waals surface area contributed by atoms with Crippen LogP contribution in [-0.4, -0.2) is 10.4 Å². The second kappa shape index (κ2) is 4.39. The van der Waals surface area contributed by atoms with Crippen LogP contribution in [-0.2, 0) is 0 Å². The van der Waals surface area contributed by atoms with Gasteiger partial charge in [0.25, 0.3) is 0 Å². The van der Waals surface area contributed by atoms with Gasteiger partial charge in [0.2, 0.25) is 0 Å². The minimum Gasteiger partial charge on any atom is -0.316 e. The highest BCUT2D eigenvalue weighted by atomic mass is 16.1. The van der Waals surface area contributed by atoms with Crippen LogP contribution in [0.1, 0.15) is 22.8 Å². The molecule has 0 fully saturated rings.